The summed E-state index contributed by atoms with van der Waals surface area (Å²) in [5.74, 6) is -0.0944. The highest BCUT2D eigenvalue weighted by molar-refractivity contribution is 9.10. The summed E-state index contributed by atoms with van der Waals surface area (Å²) in [7, 11) is 0. The third-order valence-corrected chi connectivity index (χ3v) is 3.56. The smallest absolute Gasteiger partial charge is 0.255 e. The summed E-state index contributed by atoms with van der Waals surface area (Å²) in [5, 5.41) is 3.00. The van der Waals surface area contributed by atoms with Gasteiger partial charge in [0.15, 0.2) is 0 Å². The van der Waals surface area contributed by atoms with Gasteiger partial charge in [-0.25, -0.2) is 0 Å². The molecule has 0 fully saturated rings. The van der Waals surface area contributed by atoms with Gasteiger partial charge in [-0.15, -0.1) is 0 Å². The van der Waals surface area contributed by atoms with Crippen LogP contribution < -0.4 is 5.32 Å². The zero-order chi connectivity index (χ0) is 14.8. The maximum absolute atomic E-state index is 12.3. The van der Waals surface area contributed by atoms with E-state index < -0.39 is 0 Å². The van der Waals surface area contributed by atoms with Crippen molar-refractivity contribution in [3.63, 3.8) is 0 Å². The molecular formula is C17H18BrNO. The molecule has 104 valence electrons. The minimum atomic E-state index is -0.0944. The van der Waals surface area contributed by atoms with Crippen LogP contribution in [0.4, 0.5) is 5.69 Å². The van der Waals surface area contributed by atoms with E-state index in [4.69, 9.17) is 0 Å². The molecule has 0 unspecified atom stereocenters. The van der Waals surface area contributed by atoms with Crippen LogP contribution in [0.25, 0.3) is 0 Å². The molecule has 0 radical (unpaired) electrons. The van der Waals surface area contributed by atoms with Crippen molar-refractivity contribution in [2.75, 3.05) is 5.32 Å². The molecule has 0 saturated heterocycles. The van der Waals surface area contributed by atoms with E-state index >= 15 is 0 Å². The molecule has 0 aliphatic carbocycles. The van der Waals surface area contributed by atoms with Crippen molar-refractivity contribution in [2.24, 2.45) is 0 Å². The fourth-order valence-corrected chi connectivity index (χ4v) is 2.47. The quantitative estimate of drug-likeness (QED) is 0.824. The van der Waals surface area contributed by atoms with E-state index in [0.29, 0.717) is 5.56 Å². The molecule has 0 aromatic heterocycles. The lowest BCUT2D eigenvalue weighted by Gasteiger charge is -2.23. The first-order valence-corrected chi connectivity index (χ1v) is 7.33. The monoisotopic (exact) mass is 331 g/mol. The molecule has 2 nitrogen and oxygen atoms in total. The van der Waals surface area contributed by atoms with Gasteiger partial charge in [-0.1, -0.05) is 61.0 Å². The van der Waals surface area contributed by atoms with Crippen LogP contribution in [-0.4, -0.2) is 5.91 Å². The van der Waals surface area contributed by atoms with Crippen LogP contribution in [0.2, 0.25) is 0 Å². The van der Waals surface area contributed by atoms with Crippen molar-refractivity contribution in [2.45, 2.75) is 26.2 Å². The molecule has 1 N–H and O–H groups in total. The van der Waals surface area contributed by atoms with Crippen LogP contribution >= 0.6 is 15.9 Å². The number of hydrogen-bond donors (Lipinski definition) is 1. The molecule has 0 aliphatic rings. The van der Waals surface area contributed by atoms with E-state index in [-0.39, 0.29) is 11.3 Å². The minimum Gasteiger partial charge on any atom is -0.322 e. The number of hydrogen-bond acceptors (Lipinski definition) is 1. The molecule has 2 aromatic carbocycles. The van der Waals surface area contributed by atoms with Gasteiger partial charge in [0.05, 0.1) is 0 Å². The Kier molecular flexibility index (Phi) is 4.29. The number of halogens is 1. The second-order valence-corrected chi connectivity index (χ2v) is 6.68. The maximum Gasteiger partial charge on any atom is 0.255 e. The van der Waals surface area contributed by atoms with E-state index in [1.807, 2.05) is 36.4 Å². The summed E-state index contributed by atoms with van der Waals surface area (Å²) in [6, 6.07) is 15.3. The van der Waals surface area contributed by atoms with E-state index in [2.05, 4.69) is 48.1 Å². The number of anilines is 1. The van der Waals surface area contributed by atoms with Crippen LogP contribution in [0.3, 0.4) is 0 Å². The number of rotatable bonds is 2. The van der Waals surface area contributed by atoms with Crippen LogP contribution in [0.5, 0.6) is 0 Å². The van der Waals surface area contributed by atoms with Gasteiger partial charge in [0.25, 0.3) is 5.91 Å². The molecule has 1 amide bonds. The number of carbonyl (C=O) groups excluding carboxylic acids is 1. The van der Waals surface area contributed by atoms with Gasteiger partial charge < -0.3 is 5.32 Å². The lowest BCUT2D eigenvalue weighted by Crippen LogP contribution is -2.18. The lowest BCUT2D eigenvalue weighted by molar-refractivity contribution is 0.102. The second kappa shape index (κ2) is 5.80. The first-order chi connectivity index (χ1) is 9.38. The summed E-state index contributed by atoms with van der Waals surface area (Å²) in [4.78, 5) is 12.3. The lowest BCUT2D eigenvalue weighted by atomic mass is 9.86. The predicted octanol–water partition coefficient (Wildman–Crippen LogP) is 5.00. The van der Waals surface area contributed by atoms with E-state index in [9.17, 15) is 4.79 Å². The minimum absolute atomic E-state index is 0.0128. The van der Waals surface area contributed by atoms with Gasteiger partial charge in [-0.3, -0.25) is 4.79 Å². The SMILES string of the molecule is CC(C)(C)c1ccccc1NC(=O)c1cccc(Br)c1. The zero-order valence-corrected chi connectivity index (χ0v) is 13.5. The van der Waals surface area contributed by atoms with Crippen LogP contribution in [0.15, 0.2) is 53.0 Å². The molecule has 0 saturated carbocycles. The second-order valence-electron chi connectivity index (χ2n) is 5.76. The largest absolute Gasteiger partial charge is 0.322 e. The van der Waals surface area contributed by atoms with Gasteiger partial charge in [-0.05, 0) is 35.2 Å². The van der Waals surface area contributed by atoms with Crippen LogP contribution in [-0.2, 0) is 5.41 Å². The number of benzene rings is 2. The molecular weight excluding hydrogens is 314 g/mol. The number of carbonyl (C=O) groups is 1. The Morgan fingerprint density at radius 2 is 1.75 bits per heavy atom. The van der Waals surface area contributed by atoms with Gasteiger partial charge in [0.2, 0.25) is 0 Å². The molecule has 3 heteroatoms. The van der Waals surface area contributed by atoms with E-state index in [1.165, 1.54) is 0 Å². The summed E-state index contributed by atoms with van der Waals surface area (Å²) in [6.45, 7) is 6.41. The Bertz CT molecular complexity index is 629. The fourth-order valence-electron chi connectivity index (χ4n) is 2.07. The normalized spacial score (nSPS) is 11.2. The van der Waals surface area contributed by atoms with Crippen LogP contribution in [0, 0.1) is 0 Å². The molecule has 20 heavy (non-hydrogen) atoms. The Hall–Kier alpha value is -1.61. The van der Waals surface area contributed by atoms with Gasteiger partial charge in [-0.2, -0.15) is 0 Å². The molecule has 0 heterocycles. The highest BCUT2D eigenvalue weighted by atomic mass is 79.9. The van der Waals surface area contributed by atoms with Crippen LogP contribution in [0.1, 0.15) is 36.7 Å². The molecule has 0 spiro atoms. The van der Waals surface area contributed by atoms with Crippen molar-refractivity contribution in [1.82, 2.24) is 0 Å². The summed E-state index contributed by atoms with van der Waals surface area (Å²) < 4.78 is 0.897. The van der Waals surface area contributed by atoms with E-state index in [1.54, 1.807) is 6.07 Å². The summed E-state index contributed by atoms with van der Waals surface area (Å²) >= 11 is 3.38. The summed E-state index contributed by atoms with van der Waals surface area (Å²) in [6.07, 6.45) is 0. The molecule has 0 atom stereocenters. The van der Waals surface area contributed by atoms with Crippen molar-refractivity contribution in [1.29, 1.82) is 0 Å². The van der Waals surface area contributed by atoms with Crippen molar-refractivity contribution >= 4 is 27.5 Å². The van der Waals surface area contributed by atoms with E-state index in [0.717, 1.165) is 15.7 Å². The molecule has 2 rings (SSSR count). The average Bonchev–Trinajstić information content (AvgIpc) is 2.38. The molecule has 0 aliphatic heterocycles. The Labute approximate surface area is 128 Å². The number of para-hydroxylation sites is 1. The zero-order valence-electron chi connectivity index (χ0n) is 11.9. The van der Waals surface area contributed by atoms with Gasteiger partial charge >= 0.3 is 0 Å². The maximum atomic E-state index is 12.3. The summed E-state index contributed by atoms with van der Waals surface area (Å²) in [5.41, 5.74) is 2.62. The Morgan fingerprint density at radius 3 is 2.40 bits per heavy atom. The topological polar surface area (TPSA) is 29.1 Å². The van der Waals surface area contributed by atoms with Crippen molar-refractivity contribution < 1.29 is 4.79 Å². The Morgan fingerprint density at radius 1 is 1.05 bits per heavy atom. The third-order valence-electron chi connectivity index (χ3n) is 3.07. The highest BCUT2D eigenvalue weighted by Crippen LogP contribution is 2.29. The van der Waals surface area contributed by atoms with Gasteiger partial charge in [0.1, 0.15) is 0 Å². The number of nitrogens with one attached hydrogen (secondary N) is 1. The highest BCUT2D eigenvalue weighted by Gasteiger charge is 2.18. The third kappa shape index (κ3) is 3.48. The fraction of sp³-hybridized carbons (Fsp3) is 0.235. The standard InChI is InChI=1S/C17H18BrNO/c1-17(2,3)14-9-4-5-10-15(14)19-16(20)12-7-6-8-13(18)11-12/h4-11H,1-3H3,(H,19,20). The van der Waals surface area contributed by atoms with Crippen molar-refractivity contribution in [3.05, 3.63) is 64.1 Å². The first-order valence-electron chi connectivity index (χ1n) is 6.54. The number of amides is 1. The predicted molar refractivity (Wildman–Crippen MR) is 87.2 cm³/mol. The molecule has 0 bridgehead atoms. The van der Waals surface area contributed by atoms with Gasteiger partial charge in [0, 0.05) is 15.7 Å². The first kappa shape index (κ1) is 14.8. The average molecular weight is 332 g/mol. The van der Waals surface area contributed by atoms with Crippen molar-refractivity contribution in [3.8, 4) is 0 Å². The molecule has 2 aromatic rings. The Balaban J connectivity index is 2.29.